The van der Waals surface area contributed by atoms with E-state index in [0.717, 1.165) is 13.1 Å². The van der Waals surface area contributed by atoms with Crippen LogP contribution in [0.3, 0.4) is 0 Å². The fraction of sp³-hybridized carbons (Fsp3) is 0.900. The highest BCUT2D eigenvalue weighted by Gasteiger charge is 2.22. The lowest BCUT2D eigenvalue weighted by Crippen LogP contribution is -2.35. The van der Waals surface area contributed by atoms with Gasteiger partial charge in [0.1, 0.15) is 0 Å². The van der Waals surface area contributed by atoms with Gasteiger partial charge in [0.2, 0.25) is 0 Å². The monoisotopic (exact) mass is 181 g/mol. The molecule has 0 bridgehead atoms. The van der Waals surface area contributed by atoms with Gasteiger partial charge in [-0.3, -0.25) is 4.90 Å². The van der Waals surface area contributed by atoms with Crippen LogP contribution in [0.15, 0.2) is 0 Å². The molecule has 0 saturated carbocycles. The van der Waals surface area contributed by atoms with E-state index in [9.17, 15) is 0 Å². The number of nitrogens with one attached hydrogen (secondary N) is 1. The molecular weight excluding hydrogens is 162 g/mol. The minimum Gasteiger partial charge on any atom is -0.312 e. The maximum Gasteiger partial charge on any atom is 0.0635 e. The lowest BCUT2D eigenvalue weighted by Gasteiger charge is -2.20. The van der Waals surface area contributed by atoms with E-state index >= 15 is 0 Å². The van der Waals surface area contributed by atoms with Crippen LogP contribution in [0.1, 0.15) is 26.7 Å². The average Bonchev–Trinajstić information content (AvgIpc) is 2.53. The zero-order valence-corrected chi connectivity index (χ0v) is 8.58. The van der Waals surface area contributed by atoms with E-state index in [2.05, 4.69) is 30.1 Å². The highest BCUT2D eigenvalue weighted by molar-refractivity contribution is 4.83. The summed E-state index contributed by atoms with van der Waals surface area (Å²) in [5, 5.41) is 11.8. The molecule has 1 saturated heterocycles. The van der Waals surface area contributed by atoms with Crippen LogP contribution in [-0.4, -0.2) is 36.6 Å². The summed E-state index contributed by atoms with van der Waals surface area (Å²) in [7, 11) is 0. The highest BCUT2D eigenvalue weighted by atomic mass is 15.2. The van der Waals surface area contributed by atoms with Gasteiger partial charge in [0.25, 0.3) is 0 Å². The summed E-state index contributed by atoms with van der Waals surface area (Å²) in [5.74, 6) is 0. The van der Waals surface area contributed by atoms with E-state index in [1.54, 1.807) is 0 Å². The first-order valence-electron chi connectivity index (χ1n) is 5.08. The smallest absolute Gasteiger partial charge is 0.0635 e. The molecule has 0 spiro atoms. The normalized spacial score (nSPS) is 23.7. The molecule has 1 fully saturated rings. The van der Waals surface area contributed by atoms with Gasteiger partial charge >= 0.3 is 0 Å². The van der Waals surface area contributed by atoms with Crippen LogP contribution in [0.25, 0.3) is 0 Å². The zero-order chi connectivity index (χ0) is 9.68. The second-order valence-corrected chi connectivity index (χ2v) is 3.94. The van der Waals surface area contributed by atoms with Crippen molar-refractivity contribution in [1.82, 2.24) is 10.2 Å². The maximum atomic E-state index is 8.38. The van der Waals surface area contributed by atoms with E-state index in [1.165, 1.54) is 13.0 Å². The summed E-state index contributed by atoms with van der Waals surface area (Å²) in [5.41, 5.74) is 0. The van der Waals surface area contributed by atoms with Crippen molar-refractivity contribution in [3.63, 3.8) is 0 Å². The van der Waals surface area contributed by atoms with Crippen LogP contribution in [0.5, 0.6) is 0 Å². The van der Waals surface area contributed by atoms with Crippen molar-refractivity contribution in [2.75, 3.05) is 19.6 Å². The van der Waals surface area contributed by atoms with Crippen LogP contribution < -0.4 is 5.32 Å². The Morgan fingerprint density at radius 1 is 1.62 bits per heavy atom. The number of likely N-dealkylation sites (tertiary alicyclic amines) is 1. The molecule has 0 aliphatic carbocycles. The van der Waals surface area contributed by atoms with Gasteiger partial charge in [-0.2, -0.15) is 5.26 Å². The van der Waals surface area contributed by atoms with E-state index in [1.807, 2.05) is 0 Å². The van der Waals surface area contributed by atoms with Crippen LogP contribution in [0, 0.1) is 11.3 Å². The summed E-state index contributed by atoms with van der Waals surface area (Å²) in [6.07, 6.45) is 1.85. The predicted molar refractivity (Wildman–Crippen MR) is 53.3 cm³/mol. The Balaban J connectivity index is 2.15. The third-order valence-electron chi connectivity index (χ3n) is 2.62. The van der Waals surface area contributed by atoms with Gasteiger partial charge in [-0.1, -0.05) is 0 Å². The second-order valence-electron chi connectivity index (χ2n) is 3.94. The fourth-order valence-electron chi connectivity index (χ4n) is 1.76. The quantitative estimate of drug-likeness (QED) is 0.657. The predicted octanol–water partition coefficient (Wildman–Crippen LogP) is 0.972. The molecule has 74 valence electrons. The van der Waals surface area contributed by atoms with E-state index < -0.39 is 0 Å². The molecule has 13 heavy (non-hydrogen) atoms. The molecule has 1 N–H and O–H groups in total. The fourth-order valence-corrected chi connectivity index (χ4v) is 1.76. The largest absolute Gasteiger partial charge is 0.312 e. The molecule has 1 rings (SSSR count). The van der Waals surface area contributed by atoms with Gasteiger partial charge in [-0.05, 0) is 26.8 Å². The summed E-state index contributed by atoms with van der Waals surface area (Å²) in [6, 6.07) is 3.41. The lowest BCUT2D eigenvalue weighted by atomic mass is 10.2. The van der Waals surface area contributed by atoms with E-state index in [4.69, 9.17) is 5.26 Å². The minimum atomic E-state index is 0.607. The van der Waals surface area contributed by atoms with Crippen LogP contribution >= 0.6 is 0 Å². The second kappa shape index (κ2) is 5.21. The van der Waals surface area contributed by atoms with Crippen molar-refractivity contribution in [2.45, 2.75) is 38.8 Å². The zero-order valence-electron chi connectivity index (χ0n) is 8.58. The molecule has 0 amide bonds. The van der Waals surface area contributed by atoms with Gasteiger partial charge in [-0.25, -0.2) is 0 Å². The van der Waals surface area contributed by atoms with Crippen molar-refractivity contribution < 1.29 is 0 Å². The van der Waals surface area contributed by atoms with Crippen molar-refractivity contribution in [2.24, 2.45) is 0 Å². The first kappa shape index (κ1) is 10.5. The molecular formula is C10H19N3. The van der Waals surface area contributed by atoms with Crippen molar-refractivity contribution in [3.05, 3.63) is 0 Å². The SMILES string of the molecule is CC(C)N1CC[C@@H](NCCC#N)C1. The van der Waals surface area contributed by atoms with Gasteiger partial charge < -0.3 is 5.32 Å². The molecule has 3 heteroatoms. The Hall–Kier alpha value is -0.590. The van der Waals surface area contributed by atoms with E-state index in [-0.39, 0.29) is 0 Å². The van der Waals surface area contributed by atoms with Crippen LogP contribution in [-0.2, 0) is 0 Å². The lowest BCUT2D eigenvalue weighted by molar-refractivity contribution is 0.268. The summed E-state index contributed by atoms with van der Waals surface area (Å²) in [6.45, 7) is 7.65. The molecule has 1 aliphatic rings. The summed E-state index contributed by atoms with van der Waals surface area (Å²) >= 11 is 0. The Kier molecular flexibility index (Phi) is 4.20. The third-order valence-corrected chi connectivity index (χ3v) is 2.62. The molecule has 0 radical (unpaired) electrons. The topological polar surface area (TPSA) is 39.1 Å². The van der Waals surface area contributed by atoms with Gasteiger partial charge in [0.15, 0.2) is 0 Å². The highest BCUT2D eigenvalue weighted by Crippen LogP contribution is 2.11. The first-order valence-corrected chi connectivity index (χ1v) is 5.08. The molecule has 0 unspecified atom stereocenters. The van der Waals surface area contributed by atoms with Crippen LogP contribution in [0.2, 0.25) is 0 Å². The third kappa shape index (κ3) is 3.33. The van der Waals surface area contributed by atoms with Gasteiger partial charge in [0, 0.05) is 31.6 Å². The summed E-state index contributed by atoms with van der Waals surface area (Å²) < 4.78 is 0. The molecule has 0 aromatic rings. The standard InChI is InChI=1S/C10H19N3/c1-9(2)13-7-4-10(8-13)12-6-3-5-11/h9-10,12H,3-4,6-8H2,1-2H3/t10-/m1/s1. The number of nitrogens with zero attached hydrogens (tertiary/aromatic N) is 2. The van der Waals surface area contributed by atoms with Crippen molar-refractivity contribution in [3.8, 4) is 6.07 Å². The summed E-state index contributed by atoms with van der Waals surface area (Å²) in [4.78, 5) is 2.48. The van der Waals surface area contributed by atoms with Gasteiger partial charge in [-0.15, -0.1) is 0 Å². The Morgan fingerprint density at radius 3 is 2.92 bits per heavy atom. The molecule has 1 heterocycles. The molecule has 1 aliphatic heterocycles. The molecule has 3 nitrogen and oxygen atoms in total. The van der Waals surface area contributed by atoms with Crippen molar-refractivity contribution >= 4 is 0 Å². The molecule has 0 aromatic heterocycles. The van der Waals surface area contributed by atoms with Crippen LogP contribution in [0.4, 0.5) is 0 Å². The Morgan fingerprint density at radius 2 is 2.38 bits per heavy atom. The number of hydrogen-bond donors (Lipinski definition) is 1. The average molecular weight is 181 g/mol. The number of rotatable bonds is 4. The minimum absolute atomic E-state index is 0.607. The first-order chi connectivity index (χ1) is 6.24. The maximum absolute atomic E-state index is 8.38. The number of nitriles is 1. The van der Waals surface area contributed by atoms with Gasteiger partial charge in [0.05, 0.1) is 6.07 Å². The Bertz CT molecular complexity index is 183. The Labute approximate surface area is 80.7 Å². The molecule has 1 atom stereocenters. The van der Waals surface area contributed by atoms with Crippen molar-refractivity contribution in [1.29, 1.82) is 5.26 Å². The molecule has 0 aromatic carbocycles. The van der Waals surface area contributed by atoms with E-state index in [0.29, 0.717) is 18.5 Å². The number of hydrogen-bond acceptors (Lipinski definition) is 3.